The molecule has 0 radical (unpaired) electrons. The van der Waals surface area contributed by atoms with Crippen LogP contribution in [0.1, 0.15) is 16.8 Å². The zero-order valence-corrected chi connectivity index (χ0v) is 21.9. The largest absolute Gasteiger partial charge is 0.491 e. The number of fused-ring (bicyclic) bond motifs is 1. The molecule has 4 aromatic rings. The molecular formula is C27H27F3N6O4. The van der Waals surface area contributed by atoms with Crippen molar-refractivity contribution in [2.45, 2.75) is 12.6 Å². The summed E-state index contributed by atoms with van der Waals surface area (Å²) in [5.41, 5.74) is 1.90. The second-order valence-corrected chi connectivity index (χ2v) is 9.01. The van der Waals surface area contributed by atoms with Gasteiger partial charge in [0.2, 0.25) is 0 Å². The van der Waals surface area contributed by atoms with E-state index in [2.05, 4.69) is 30.3 Å². The van der Waals surface area contributed by atoms with Crippen molar-refractivity contribution in [3.05, 3.63) is 60.4 Å². The molecule has 10 nitrogen and oxygen atoms in total. The number of nitrogens with one attached hydrogen (secondary N) is 3. The highest BCUT2D eigenvalue weighted by molar-refractivity contribution is 6.00. The molecule has 40 heavy (non-hydrogen) atoms. The second-order valence-electron chi connectivity index (χ2n) is 9.01. The van der Waals surface area contributed by atoms with Crippen molar-refractivity contribution in [2.75, 3.05) is 39.6 Å². The molecule has 2 aromatic carbocycles. The number of hydrogen-bond donors (Lipinski definition) is 3. The Labute approximate surface area is 227 Å². The normalized spacial score (nSPS) is 11.5. The van der Waals surface area contributed by atoms with E-state index in [1.165, 1.54) is 25.4 Å². The number of alkyl halides is 3. The van der Waals surface area contributed by atoms with Gasteiger partial charge in [-0.05, 0) is 51.3 Å². The Bertz CT molecular complexity index is 1490. The lowest BCUT2D eigenvalue weighted by Crippen LogP contribution is -2.31. The van der Waals surface area contributed by atoms with Gasteiger partial charge in [0.1, 0.15) is 11.5 Å². The lowest BCUT2D eigenvalue weighted by molar-refractivity contribution is -0.189. The van der Waals surface area contributed by atoms with Crippen LogP contribution in [0.2, 0.25) is 0 Å². The topological polar surface area (TPSA) is 121 Å². The first-order valence-electron chi connectivity index (χ1n) is 12.2. The number of carbonyl (C=O) groups is 2. The van der Waals surface area contributed by atoms with Crippen LogP contribution in [-0.4, -0.2) is 72.2 Å². The van der Waals surface area contributed by atoms with Crippen LogP contribution in [0.15, 0.2) is 54.9 Å². The fourth-order valence-electron chi connectivity index (χ4n) is 3.89. The summed E-state index contributed by atoms with van der Waals surface area (Å²) in [6.07, 6.45) is -1.75. The Hall–Kier alpha value is -4.65. The van der Waals surface area contributed by atoms with Crippen molar-refractivity contribution in [1.82, 2.24) is 25.2 Å². The van der Waals surface area contributed by atoms with Crippen LogP contribution in [0.25, 0.3) is 22.3 Å². The molecule has 0 spiro atoms. The minimum Gasteiger partial charge on any atom is -0.491 e. The second kappa shape index (κ2) is 12.0. The number of benzene rings is 2. The van der Waals surface area contributed by atoms with Gasteiger partial charge in [-0.3, -0.25) is 9.78 Å². The molecule has 4 rings (SSSR count). The number of amides is 1. The van der Waals surface area contributed by atoms with Crippen LogP contribution in [0.4, 0.5) is 24.7 Å². The van der Waals surface area contributed by atoms with Crippen LogP contribution >= 0.6 is 0 Å². The van der Waals surface area contributed by atoms with E-state index in [1.54, 1.807) is 6.20 Å². The van der Waals surface area contributed by atoms with Crippen LogP contribution in [0.5, 0.6) is 11.5 Å². The number of aromatic amines is 1. The summed E-state index contributed by atoms with van der Waals surface area (Å²) in [6, 6.07) is 12.2. The number of esters is 1. The number of aromatic nitrogens is 3. The van der Waals surface area contributed by atoms with Crippen molar-refractivity contribution in [3.63, 3.8) is 0 Å². The number of methoxy groups -OCH3 is 1. The zero-order valence-electron chi connectivity index (χ0n) is 21.9. The monoisotopic (exact) mass is 556 g/mol. The molecule has 0 unspecified atom stereocenters. The zero-order chi connectivity index (χ0) is 28.9. The molecule has 1 amide bonds. The Kier molecular flexibility index (Phi) is 8.53. The predicted octanol–water partition coefficient (Wildman–Crippen LogP) is 4.53. The fraction of sp³-hybridized carbons (Fsp3) is 0.259. The summed E-state index contributed by atoms with van der Waals surface area (Å²) in [5.74, 6) is -3.97. The van der Waals surface area contributed by atoms with Gasteiger partial charge < -0.3 is 30.0 Å². The van der Waals surface area contributed by atoms with Crippen molar-refractivity contribution in [2.24, 2.45) is 0 Å². The molecule has 0 fully saturated rings. The third-order valence-electron chi connectivity index (χ3n) is 5.76. The van der Waals surface area contributed by atoms with Crippen LogP contribution < -0.4 is 20.1 Å². The van der Waals surface area contributed by atoms with Crippen LogP contribution in [0, 0.1) is 0 Å². The maximum absolute atomic E-state index is 13.1. The first-order chi connectivity index (χ1) is 19.1. The number of H-pyrrole nitrogens is 1. The molecule has 0 aliphatic carbocycles. The van der Waals surface area contributed by atoms with Gasteiger partial charge in [0, 0.05) is 17.4 Å². The first kappa shape index (κ1) is 28.4. The third-order valence-corrected chi connectivity index (χ3v) is 5.76. The van der Waals surface area contributed by atoms with Gasteiger partial charge in [0.15, 0.2) is 11.5 Å². The van der Waals surface area contributed by atoms with Crippen molar-refractivity contribution >= 4 is 34.3 Å². The van der Waals surface area contributed by atoms with Gasteiger partial charge in [-0.25, -0.2) is 9.78 Å². The molecule has 2 heterocycles. The standard InChI is InChI=1S/C27H27F3N6O4/c1-36(2)12-6-11-32-25(37)17-9-10-19(24(39-3)23(17)40-26(38)27(28,29)30)34-22-15-31-14-21(35-22)20-13-16-7-4-5-8-18(16)33-20/h4-5,7-10,13-15,33H,6,11-12H2,1-3H3,(H,32,37)(H,34,35). The molecule has 210 valence electrons. The quantitative estimate of drug-likeness (QED) is 0.148. The Morgan fingerprint density at radius 3 is 2.55 bits per heavy atom. The van der Waals surface area contributed by atoms with Crippen LogP contribution in [0.3, 0.4) is 0 Å². The molecule has 0 saturated heterocycles. The molecular weight excluding hydrogens is 529 g/mol. The van der Waals surface area contributed by atoms with Crippen LogP contribution in [-0.2, 0) is 4.79 Å². The average molecular weight is 557 g/mol. The Morgan fingerprint density at radius 2 is 1.85 bits per heavy atom. The van der Waals surface area contributed by atoms with E-state index in [0.717, 1.165) is 10.9 Å². The van der Waals surface area contributed by atoms with E-state index in [9.17, 15) is 22.8 Å². The van der Waals surface area contributed by atoms with E-state index >= 15 is 0 Å². The van der Waals surface area contributed by atoms with Gasteiger partial charge >= 0.3 is 12.1 Å². The predicted molar refractivity (Wildman–Crippen MR) is 143 cm³/mol. The molecule has 13 heteroatoms. The molecule has 3 N–H and O–H groups in total. The van der Waals surface area contributed by atoms with Gasteiger partial charge in [-0.15, -0.1) is 0 Å². The number of carbonyl (C=O) groups excluding carboxylic acids is 2. The summed E-state index contributed by atoms with van der Waals surface area (Å²) < 4.78 is 49.3. The van der Waals surface area contributed by atoms with E-state index in [4.69, 9.17) is 4.74 Å². The highest BCUT2D eigenvalue weighted by Gasteiger charge is 2.42. The maximum atomic E-state index is 13.1. The number of ether oxygens (including phenoxy) is 2. The fourth-order valence-corrected chi connectivity index (χ4v) is 3.89. The number of nitrogens with zero attached hydrogens (tertiary/aromatic N) is 3. The molecule has 2 aromatic heterocycles. The van der Waals surface area contributed by atoms with Crippen molar-refractivity contribution in [3.8, 4) is 22.9 Å². The molecule has 0 bridgehead atoms. The summed E-state index contributed by atoms with van der Waals surface area (Å²) in [5, 5.41) is 6.53. The molecule has 0 atom stereocenters. The minimum absolute atomic E-state index is 0.0970. The Balaban J connectivity index is 1.66. The molecule has 0 saturated carbocycles. The van der Waals surface area contributed by atoms with Gasteiger partial charge in [0.05, 0.1) is 36.4 Å². The van der Waals surface area contributed by atoms with Gasteiger partial charge in [-0.1, -0.05) is 18.2 Å². The summed E-state index contributed by atoms with van der Waals surface area (Å²) in [4.78, 5) is 38.5. The molecule has 0 aliphatic rings. The number of hydrogen-bond acceptors (Lipinski definition) is 8. The van der Waals surface area contributed by atoms with E-state index in [-0.39, 0.29) is 29.4 Å². The number of halogens is 3. The van der Waals surface area contributed by atoms with Gasteiger partial charge in [-0.2, -0.15) is 13.2 Å². The lowest BCUT2D eigenvalue weighted by Gasteiger charge is -2.18. The number of para-hydroxylation sites is 1. The smallest absolute Gasteiger partial charge is 0.491 e. The average Bonchev–Trinajstić information content (AvgIpc) is 3.35. The Morgan fingerprint density at radius 1 is 1.07 bits per heavy atom. The maximum Gasteiger partial charge on any atom is 0.491 e. The molecule has 0 aliphatic heterocycles. The van der Waals surface area contributed by atoms with E-state index in [0.29, 0.717) is 24.4 Å². The lowest BCUT2D eigenvalue weighted by atomic mass is 10.1. The summed E-state index contributed by atoms with van der Waals surface area (Å²) >= 11 is 0. The number of anilines is 2. The number of rotatable bonds is 10. The highest BCUT2D eigenvalue weighted by Crippen LogP contribution is 2.41. The summed E-state index contributed by atoms with van der Waals surface area (Å²) in [7, 11) is 4.91. The van der Waals surface area contributed by atoms with E-state index < -0.39 is 23.8 Å². The van der Waals surface area contributed by atoms with Gasteiger partial charge in [0.25, 0.3) is 5.91 Å². The highest BCUT2D eigenvalue weighted by atomic mass is 19.4. The SMILES string of the molecule is COc1c(Nc2cncc(-c3cc4ccccc4[nH]3)n2)ccc(C(=O)NCCCN(C)C)c1OC(=O)C(F)(F)F. The van der Waals surface area contributed by atoms with Crippen molar-refractivity contribution < 1.29 is 32.2 Å². The summed E-state index contributed by atoms with van der Waals surface area (Å²) in [6.45, 7) is 0.934. The van der Waals surface area contributed by atoms with Crippen molar-refractivity contribution in [1.29, 1.82) is 0 Å². The van der Waals surface area contributed by atoms with E-state index in [1.807, 2.05) is 49.3 Å². The first-order valence-corrected chi connectivity index (χ1v) is 12.2. The third kappa shape index (κ3) is 6.67. The minimum atomic E-state index is -5.30.